The molecule has 6 rings (SSSR count). The highest BCUT2D eigenvalue weighted by molar-refractivity contribution is 6.28. The topological polar surface area (TPSA) is 192 Å². The van der Waals surface area contributed by atoms with Crippen LogP contribution < -0.4 is 10.5 Å². The molecule has 3 heterocycles. The van der Waals surface area contributed by atoms with Gasteiger partial charge in [0.15, 0.2) is 17.7 Å². The number of imidazole rings is 1. The van der Waals surface area contributed by atoms with Crippen molar-refractivity contribution in [3.8, 4) is 5.75 Å². The lowest BCUT2D eigenvalue weighted by Crippen LogP contribution is -2.52. The van der Waals surface area contributed by atoms with Gasteiger partial charge in [-0.15, -0.1) is 0 Å². The third-order valence-electron chi connectivity index (χ3n) is 7.27. The maximum atomic E-state index is 12.3. The molecule has 0 bridgehead atoms. The number of anilines is 1. The number of nitrogens with two attached hydrogens (primary N) is 1. The van der Waals surface area contributed by atoms with E-state index in [-0.39, 0.29) is 22.3 Å². The number of nitrogen functional groups attached to an aromatic ring is 1. The Bertz CT molecular complexity index is 1600. The highest BCUT2D eigenvalue weighted by Gasteiger charge is 2.68. The quantitative estimate of drug-likeness (QED) is 0.158. The first-order valence-corrected chi connectivity index (χ1v) is 12.9. The lowest BCUT2D eigenvalue weighted by molar-refractivity contribution is -0.192. The number of aromatic nitrogens is 4. The summed E-state index contributed by atoms with van der Waals surface area (Å²) in [5, 5.41) is 30.9. The zero-order valence-corrected chi connectivity index (χ0v) is 22.0. The summed E-state index contributed by atoms with van der Waals surface area (Å²) in [7, 11) is 0. The molecule has 1 aliphatic carbocycles. The number of nitrogens with zero attached hydrogens (tertiary/aromatic N) is 4. The van der Waals surface area contributed by atoms with Gasteiger partial charge in [0.25, 0.3) is 5.60 Å². The highest BCUT2D eigenvalue weighted by atomic mass is 35.5. The second kappa shape index (κ2) is 10.3. The summed E-state index contributed by atoms with van der Waals surface area (Å²) < 4.78 is 18.9. The zero-order chi connectivity index (χ0) is 28.9. The van der Waals surface area contributed by atoms with Crippen LogP contribution in [0.4, 0.5) is 5.82 Å². The zero-order valence-electron chi connectivity index (χ0n) is 21.2. The largest absolute Gasteiger partial charge is 0.489 e. The molecule has 0 amide bonds. The van der Waals surface area contributed by atoms with Gasteiger partial charge in [-0.3, -0.25) is 4.57 Å². The molecule has 2 aromatic heterocycles. The number of carboxylic acids is 2. The number of benzene rings is 2. The monoisotopic (exact) mass is 581 g/mol. The van der Waals surface area contributed by atoms with Gasteiger partial charge >= 0.3 is 11.9 Å². The predicted molar refractivity (Wildman–Crippen MR) is 142 cm³/mol. The Labute approximate surface area is 237 Å². The van der Waals surface area contributed by atoms with Gasteiger partial charge < -0.3 is 35.3 Å². The Kier molecular flexibility index (Phi) is 6.74. The molecule has 5 N–H and O–H groups in total. The van der Waals surface area contributed by atoms with E-state index in [1.165, 1.54) is 10.9 Å². The Morgan fingerprint density at radius 2 is 1.76 bits per heavy atom. The fourth-order valence-corrected chi connectivity index (χ4v) is 5.26. The maximum absolute atomic E-state index is 12.3. The number of aliphatic hydroxyl groups excluding tert-OH is 1. The maximum Gasteiger partial charge on any atom is 0.348 e. The Balaban J connectivity index is 1.15. The Morgan fingerprint density at radius 3 is 2.39 bits per heavy atom. The number of aliphatic hydroxyl groups is 1. The van der Waals surface area contributed by atoms with E-state index < -0.39 is 54.4 Å². The van der Waals surface area contributed by atoms with Crippen molar-refractivity contribution in [2.75, 3.05) is 5.73 Å². The molecule has 4 aromatic rings. The summed E-state index contributed by atoms with van der Waals surface area (Å²) >= 11 is 5.92. The van der Waals surface area contributed by atoms with E-state index in [4.69, 9.17) is 31.5 Å². The van der Waals surface area contributed by atoms with Crippen molar-refractivity contribution in [3.05, 3.63) is 77.3 Å². The highest BCUT2D eigenvalue weighted by Crippen LogP contribution is 2.53. The van der Waals surface area contributed by atoms with Crippen LogP contribution in [0.5, 0.6) is 5.75 Å². The smallest absolute Gasteiger partial charge is 0.348 e. The fraction of sp³-hybridized carbons (Fsp3) is 0.296. The summed E-state index contributed by atoms with van der Waals surface area (Å²) in [5.41, 5.74) is 5.13. The lowest BCUT2D eigenvalue weighted by atomic mass is 9.94. The van der Waals surface area contributed by atoms with E-state index in [2.05, 4.69) is 15.0 Å². The normalized spacial score (nSPS) is 23.3. The minimum Gasteiger partial charge on any atom is -0.489 e. The molecule has 41 heavy (non-hydrogen) atoms. The number of rotatable bonds is 10. The molecule has 0 spiro atoms. The fourth-order valence-electron chi connectivity index (χ4n) is 5.09. The van der Waals surface area contributed by atoms with Crippen LogP contribution in [0.25, 0.3) is 11.2 Å². The molecule has 2 unspecified atom stereocenters. The average Bonchev–Trinajstić information content (AvgIpc) is 3.24. The SMILES string of the molecule is Nc1nc(Cl)nc2c1ncn2[C@@H]1O[C@@H]2C(OC(Cc3ccc(OCc4ccccc4)cc3)(C(=O)O)C(=O)O)C2[C@H]1O. The summed E-state index contributed by atoms with van der Waals surface area (Å²) in [6.45, 7) is 0.341. The van der Waals surface area contributed by atoms with Crippen LogP contribution in [0.2, 0.25) is 5.28 Å². The number of aliphatic carboxylic acids is 2. The molecule has 2 fully saturated rings. The van der Waals surface area contributed by atoms with Gasteiger partial charge in [-0.2, -0.15) is 9.97 Å². The van der Waals surface area contributed by atoms with Crippen LogP contribution in [0.1, 0.15) is 17.4 Å². The molecule has 1 aliphatic heterocycles. The van der Waals surface area contributed by atoms with Crippen molar-refractivity contribution in [1.29, 1.82) is 0 Å². The number of carboxylic acid groups (broad SMARTS) is 2. The Hall–Kier alpha value is -4.30. The first kappa shape index (κ1) is 26.9. The molecule has 1 saturated heterocycles. The van der Waals surface area contributed by atoms with Gasteiger partial charge in [0.2, 0.25) is 5.28 Å². The first-order valence-electron chi connectivity index (χ1n) is 12.6. The number of hydrogen-bond acceptors (Lipinski definition) is 10. The lowest BCUT2D eigenvalue weighted by Gasteiger charge is -2.28. The van der Waals surface area contributed by atoms with E-state index in [0.717, 1.165) is 5.56 Å². The molecular weight excluding hydrogens is 558 g/mol. The van der Waals surface area contributed by atoms with Gasteiger partial charge in [-0.05, 0) is 34.9 Å². The minimum atomic E-state index is -2.61. The third-order valence-corrected chi connectivity index (χ3v) is 7.44. The van der Waals surface area contributed by atoms with Crippen molar-refractivity contribution >= 4 is 40.5 Å². The predicted octanol–water partition coefficient (Wildman–Crippen LogP) is 2.06. The van der Waals surface area contributed by atoms with Gasteiger partial charge in [0.05, 0.1) is 18.5 Å². The number of halogens is 1. The average molecular weight is 582 g/mol. The van der Waals surface area contributed by atoms with Crippen molar-refractivity contribution in [3.63, 3.8) is 0 Å². The van der Waals surface area contributed by atoms with Crippen molar-refractivity contribution in [1.82, 2.24) is 19.5 Å². The van der Waals surface area contributed by atoms with Crippen LogP contribution >= 0.6 is 11.6 Å². The van der Waals surface area contributed by atoms with E-state index in [9.17, 15) is 24.9 Å². The van der Waals surface area contributed by atoms with E-state index in [1.807, 2.05) is 30.3 Å². The van der Waals surface area contributed by atoms with Gasteiger partial charge in [0.1, 0.15) is 24.0 Å². The third kappa shape index (κ3) is 4.82. The van der Waals surface area contributed by atoms with Crippen molar-refractivity contribution < 1.29 is 39.1 Å². The molecule has 1 saturated carbocycles. The molecular formula is C27H24ClN5O8. The van der Waals surface area contributed by atoms with Gasteiger partial charge in [0, 0.05) is 12.3 Å². The van der Waals surface area contributed by atoms with Crippen LogP contribution in [-0.2, 0) is 32.1 Å². The van der Waals surface area contributed by atoms with Crippen LogP contribution in [-0.4, -0.2) is 70.7 Å². The molecule has 13 nitrogen and oxygen atoms in total. The van der Waals surface area contributed by atoms with Crippen LogP contribution in [0, 0.1) is 5.92 Å². The molecule has 2 aliphatic rings. The molecule has 0 radical (unpaired) electrons. The van der Waals surface area contributed by atoms with Gasteiger partial charge in [-0.25, -0.2) is 14.6 Å². The summed E-state index contributed by atoms with van der Waals surface area (Å²) in [4.78, 5) is 36.8. The van der Waals surface area contributed by atoms with Crippen molar-refractivity contribution in [2.24, 2.45) is 5.92 Å². The molecule has 2 aromatic carbocycles. The van der Waals surface area contributed by atoms with E-state index in [0.29, 0.717) is 17.9 Å². The molecule has 5 atom stereocenters. The summed E-state index contributed by atoms with van der Waals surface area (Å²) in [6, 6.07) is 16.0. The van der Waals surface area contributed by atoms with E-state index in [1.54, 1.807) is 24.3 Å². The molecule has 212 valence electrons. The number of ether oxygens (including phenoxy) is 3. The van der Waals surface area contributed by atoms with Crippen LogP contribution in [0.3, 0.4) is 0 Å². The number of carbonyl (C=O) groups is 2. The van der Waals surface area contributed by atoms with Crippen LogP contribution in [0.15, 0.2) is 60.9 Å². The number of hydrogen-bond donors (Lipinski definition) is 4. The number of fused-ring (bicyclic) bond motifs is 2. The second-order valence-corrected chi connectivity index (χ2v) is 10.2. The van der Waals surface area contributed by atoms with Crippen molar-refractivity contribution in [2.45, 2.75) is 43.2 Å². The van der Waals surface area contributed by atoms with Gasteiger partial charge in [-0.1, -0.05) is 42.5 Å². The van der Waals surface area contributed by atoms with E-state index >= 15 is 0 Å². The Morgan fingerprint density at radius 1 is 1.05 bits per heavy atom. The summed E-state index contributed by atoms with van der Waals surface area (Å²) in [5.74, 6) is -3.44. The standard InChI is InChI=1S/C27H24ClN5O8/c28-26-31-21(29)17-22(32-26)33(12-30-17)23-18(34)16-19(40-23)20(16)41-27(24(35)36,25(37)38)10-13-6-8-15(9-7-13)39-11-14-4-2-1-3-5-14/h1-9,12,16,18-20,23,34H,10-11H2,(H,35,36)(H,37,38)(H2,29,31,32)/t16?,18-,19+,20?,23-/m1/s1. The second-order valence-electron chi connectivity index (χ2n) is 9.88. The minimum absolute atomic E-state index is 0.0566. The summed E-state index contributed by atoms with van der Waals surface area (Å²) in [6.07, 6.45) is -2.96. The first-order chi connectivity index (χ1) is 19.7. The molecule has 14 heteroatoms.